The molecule has 2 aromatic heterocycles. The zero-order valence-electron chi connectivity index (χ0n) is 15.9. The van der Waals surface area contributed by atoms with Gasteiger partial charge < -0.3 is 18.9 Å². The maximum Gasteiger partial charge on any atom is 0.344 e. The molecule has 1 aliphatic rings. The molecule has 0 amide bonds. The number of nitrogens with zero attached hydrogens (tertiary/aromatic N) is 3. The van der Waals surface area contributed by atoms with Gasteiger partial charge in [0.1, 0.15) is 11.4 Å². The van der Waals surface area contributed by atoms with Gasteiger partial charge in [0.25, 0.3) is 0 Å². The van der Waals surface area contributed by atoms with Crippen molar-refractivity contribution in [3.63, 3.8) is 0 Å². The molecule has 4 rings (SSSR count). The number of hydrogen-bond acceptors (Lipinski definition) is 5. The van der Waals surface area contributed by atoms with Crippen LogP contribution in [0.25, 0.3) is 16.4 Å². The van der Waals surface area contributed by atoms with Gasteiger partial charge in [-0.2, -0.15) is 0 Å². The minimum Gasteiger partial charge on any atom is -0.462 e. The normalized spacial score (nSPS) is 15.3. The number of carbonyl (C=O) groups is 1. The quantitative estimate of drug-likeness (QED) is 0.514. The van der Waals surface area contributed by atoms with Crippen molar-refractivity contribution in [2.45, 2.75) is 6.92 Å². The molecule has 1 aromatic carbocycles. The summed E-state index contributed by atoms with van der Waals surface area (Å²) in [5.41, 5.74) is 0.921. The van der Waals surface area contributed by atoms with Crippen LogP contribution in [0.1, 0.15) is 17.3 Å². The van der Waals surface area contributed by atoms with Crippen LogP contribution in [0.3, 0.4) is 0 Å². The predicted molar refractivity (Wildman–Crippen MR) is 107 cm³/mol. The maximum atomic E-state index is 14.9. The van der Waals surface area contributed by atoms with E-state index < -0.39 is 17.2 Å². The molecule has 7 heteroatoms. The van der Waals surface area contributed by atoms with Gasteiger partial charge in [0, 0.05) is 37.8 Å². The van der Waals surface area contributed by atoms with Crippen molar-refractivity contribution in [3.05, 3.63) is 58.1 Å². The van der Waals surface area contributed by atoms with Gasteiger partial charge in [-0.05, 0) is 38.2 Å². The molecule has 0 bridgehead atoms. The van der Waals surface area contributed by atoms with Crippen LogP contribution in [0.5, 0.6) is 0 Å². The van der Waals surface area contributed by atoms with Crippen LogP contribution in [0, 0.1) is 5.82 Å². The smallest absolute Gasteiger partial charge is 0.344 e. The second-order valence-corrected chi connectivity index (χ2v) is 6.99. The number of piperazine rings is 1. The van der Waals surface area contributed by atoms with E-state index in [1.54, 1.807) is 35.7 Å². The van der Waals surface area contributed by atoms with Crippen molar-refractivity contribution in [2.24, 2.45) is 0 Å². The summed E-state index contributed by atoms with van der Waals surface area (Å²) in [6.07, 6.45) is 1.77. The topological polar surface area (TPSA) is 54.3 Å². The molecule has 1 fully saturated rings. The fourth-order valence-electron chi connectivity index (χ4n) is 3.73. The van der Waals surface area contributed by atoms with E-state index in [1.807, 2.05) is 18.0 Å². The van der Waals surface area contributed by atoms with Gasteiger partial charge in [-0.3, -0.25) is 4.79 Å². The first-order chi connectivity index (χ1) is 13.5. The summed E-state index contributed by atoms with van der Waals surface area (Å²) in [7, 11) is 2.04. The van der Waals surface area contributed by atoms with Gasteiger partial charge >= 0.3 is 5.97 Å². The predicted octanol–water partition coefficient (Wildman–Crippen LogP) is 2.52. The third kappa shape index (κ3) is 3.01. The number of hydrogen-bond donors (Lipinski definition) is 0. The van der Waals surface area contributed by atoms with E-state index in [2.05, 4.69) is 4.90 Å². The molecule has 1 saturated heterocycles. The Morgan fingerprint density at radius 1 is 1.14 bits per heavy atom. The summed E-state index contributed by atoms with van der Waals surface area (Å²) >= 11 is 0. The van der Waals surface area contributed by atoms with Crippen LogP contribution < -0.4 is 10.3 Å². The lowest BCUT2D eigenvalue weighted by atomic mass is 10.1. The van der Waals surface area contributed by atoms with Crippen molar-refractivity contribution < 1.29 is 13.9 Å². The molecule has 0 saturated carbocycles. The van der Waals surface area contributed by atoms with Crippen LogP contribution in [0.2, 0.25) is 0 Å². The number of likely N-dealkylation sites (N-methyl/N-ethyl adjacent to an activating group) is 1. The zero-order valence-corrected chi connectivity index (χ0v) is 15.9. The monoisotopic (exact) mass is 383 g/mol. The Balaban J connectivity index is 1.97. The van der Waals surface area contributed by atoms with Gasteiger partial charge in [0.2, 0.25) is 5.43 Å². The number of rotatable bonds is 3. The molecule has 3 heterocycles. The summed E-state index contributed by atoms with van der Waals surface area (Å²) in [5, 5.41) is 0.169. The average Bonchev–Trinajstić information content (AvgIpc) is 2.69. The van der Waals surface area contributed by atoms with E-state index in [9.17, 15) is 14.0 Å². The Bertz CT molecular complexity index is 1120. The minimum absolute atomic E-state index is 0.0679. The first-order valence-electron chi connectivity index (χ1n) is 9.38. The lowest BCUT2D eigenvalue weighted by Crippen LogP contribution is -2.44. The van der Waals surface area contributed by atoms with Crippen molar-refractivity contribution in [2.75, 3.05) is 44.7 Å². The Kier molecular flexibility index (Phi) is 4.77. The third-order valence-corrected chi connectivity index (χ3v) is 5.24. The highest BCUT2D eigenvalue weighted by Crippen LogP contribution is 2.27. The van der Waals surface area contributed by atoms with Crippen LogP contribution in [0.15, 0.2) is 41.3 Å². The minimum atomic E-state index is -0.693. The zero-order chi connectivity index (χ0) is 19.8. The summed E-state index contributed by atoms with van der Waals surface area (Å²) in [6.45, 7) is 4.96. The summed E-state index contributed by atoms with van der Waals surface area (Å²) < 4.78 is 21.8. The van der Waals surface area contributed by atoms with E-state index >= 15 is 0 Å². The molecule has 0 N–H and O–H groups in total. The highest BCUT2D eigenvalue weighted by atomic mass is 19.1. The van der Waals surface area contributed by atoms with Crippen LogP contribution >= 0.6 is 0 Å². The molecular formula is C21H22FN3O3. The number of esters is 1. The summed E-state index contributed by atoms with van der Waals surface area (Å²) in [5.74, 6) is -1.15. The SMILES string of the molecule is CCOC(=O)c1c(=O)c2cc(F)c(N3CCN(C)CC3)cc2n2ccccc12. The van der Waals surface area contributed by atoms with Gasteiger partial charge in [-0.25, -0.2) is 9.18 Å². The highest BCUT2D eigenvalue weighted by molar-refractivity contribution is 6.02. The average molecular weight is 383 g/mol. The van der Waals surface area contributed by atoms with Gasteiger partial charge in [-0.15, -0.1) is 0 Å². The molecule has 3 aromatic rings. The molecule has 0 spiro atoms. The van der Waals surface area contributed by atoms with E-state index in [4.69, 9.17) is 4.74 Å². The largest absolute Gasteiger partial charge is 0.462 e. The molecule has 1 aliphatic heterocycles. The first kappa shape index (κ1) is 18.4. The Morgan fingerprint density at radius 2 is 1.89 bits per heavy atom. The maximum absolute atomic E-state index is 14.9. The fourth-order valence-corrected chi connectivity index (χ4v) is 3.73. The lowest BCUT2D eigenvalue weighted by Gasteiger charge is -2.34. The number of anilines is 1. The second-order valence-electron chi connectivity index (χ2n) is 6.99. The molecule has 0 aliphatic carbocycles. The van der Waals surface area contributed by atoms with E-state index in [0.717, 1.165) is 13.1 Å². The molecule has 0 unspecified atom stereocenters. The van der Waals surface area contributed by atoms with E-state index in [-0.39, 0.29) is 17.6 Å². The van der Waals surface area contributed by atoms with Crippen molar-refractivity contribution in [3.8, 4) is 0 Å². The molecule has 6 nitrogen and oxygen atoms in total. The summed E-state index contributed by atoms with van der Waals surface area (Å²) in [6, 6.07) is 8.22. The number of fused-ring (bicyclic) bond motifs is 3. The van der Waals surface area contributed by atoms with E-state index in [0.29, 0.717) is 29.8 Å². The number of carbonyl (C=O) groups excluding carboxylic acids is 1. The lowest BCUT2D eigenvalue weighted by molar-refractivity contribution is 0.0527. The first-order valence-corrected chi connectivity index (χ1v) is 9.38. The number of halogens is 1. The van der Waals surface area contributed by atoms with Crippen LogP contribution in [-0.4, -0.2) is 55.1 Å². The Labute approximate surface area is 161 Å². The third-order valence-electron chi connectivity index (χ3n) is 5.24. The standard InChI is InChI=1S/C21H22FN3O3/c1-3-28-21(27)19-16-6-4-5-7-25(16)17-13-18(15(22)12-14(17)20(19)26)24-10-8-23(2)9-11-24/h4-7,12-13H,3,8-11H2,1-2H3. The van der Waals surface area contributed by atoms with Gasteiger partial charge in [0.05, 0.1) is 23.3 Å². The number of pyridine rings is 2. The number of aromatic nitrogens is 1. The molecule has 0 atom stereocenters. The van der Waals surface area contributed by atoms with Crippen LogP contribution in [0.4, 0.5) is 10.1 Å². The fraction of sp³-hybridized carbons (Fsp3) is 0.333. The number of ether oxygens (including phenoxy) is 1. The molecule has 28 heavy (non-hydrogen) atoms. The molecular weight excluding hydrogens is 361 g/mol. The molecule has 146 valence electrons. The van der Waals surface area contributed by atoms with Crippen molar-refractivity contribution >= 4 is 28.1 Å². The second kappa shape index (κ2) is 7.24. The van der Waals surface area contributed by atoms with Crippen molar-refractivity contribution in [1.29, 1.82) is 0 Å². The number of benzene rings is 1. The van der Waals surface area contributed by atoms with Crippen LogP contribution in [-0.2, 0) is 4.74 Å². The summed E-state index contributed by atoms with van der Waals surface area (Å²) in [4.78, 5) is 29.6. The Hall–Kier alpha value is -2.93. The Morgan fingerprint density at radius 3 is 2.61 bits per heavy atom. The van der Waals surface area contributed by atoms with E-state index in [1.165, 1.54) is 6.07 Å². The van der Waals surface area contributed by atoms with Gasteiger partial charge in [-0.1, -0.05) is 6.07 Å². The highest BCUT2D eigenvalue weighted by Gasteiger charge is 2.23. The van der Waals surface area contributed by atoms with Gasteiger partial charge in [0.15, 0.2) is 0 Å². The molecule has 0 radical (unpaired) electrons. The van der Waals surface area contributed by atoms with Crippen molar-refractivity contribution in [1.82, 2.24) is 9.30 Å².